The number of rotatable bonds is 6. The van der Waals surface area contributed by atoms with Crippen molar-refractivity contribution in [1.29, 1.82) is 0 Å². The molecule has 0 amide bonds. The summed E-state index contributed by atoms with van der Waals surface area (Å²) in [6, 6.07) is 0. The van der Waals surface area contributed by atoms with Gasteiger partial charge in [-0.15, -0.1) is 0 Å². The summed E-state index contributed by atoms with van der Waals surface area (Å²) in [5.74, 6) is 0.542. The lowest BCUT2D eigenvalue weighted by atomic mass is 9.96. The Labute approximate surface area is 94.2 Å². The highest BCUT2D eigenvalue weighted by atomic mass is 32.1. The molecule has 0 fully saturated rings. The highest BCUT2D eigenvalue weighted by Gasteiger charge is 2.05. The first-order valence-corrected chi connectivity index (χ1v) is 5.65. The highest BCUT2D eigenvalue weighted by molar-refractivity contribution is 7.80. The van der Waals surface area contributed by atoms with Gasteiger partial charge in [-0.05, 0) is 30.9 Å². The van der Waals surface area contributed by atoms with Crippen molar-refractivity contribution in [1.82, 2.24) is 0 Å². The molecule has 0 aliphatic heterocycles. The molecule has 2 atom stereocenters. The third kappa shape index (κ3) is 7.02. The van der Waals surface area contributed by atoms with Crippen molar-refractivity contribution in [3.63, 3.8) is 0 Å². The maximum atomic E-state index is 4.36. The van der Waals surface area contributed by atoms with Crippen LogP contribution in [-0.4, -0.2) is 5.25 Å². The smallest absolute Gasteiger partial charge is 0.00114 e. The van der Waals surface area contributed by atoms with Crippen LogP contribution in [-0.2, 0) is 0 Å². The van der Waals surface area contributed by atoms with Crippen molar-refractivity contribution in [2.75, 3.05) is 0 Å². The second kappa shape index (κ2) is 6.94. The molecule has 0 spiro atoms. The zero-order chi connectivity index (χ0) is 11.1. The molecule has 0 aliphatic carbocycles. The molecule has 0 aromatic carbocycles. The molecular formula is C13H22S. The lowest BCUT2D eigenvalue weighted by Crippen LogP contribution is -2.00. The minimum atomic E-state index is 0.482. The molecule has 0 saturated heterocycles. The molecule has 0 aromatic heterocycles. The number of thiol groups is 1. The van der Waals surface area contributed by atoms with E-state index in [1.807, 2.05) is 13.0 Å². The Bertz CT molecular complexity index is 223. The molecule has 0 bridgehead atoms. The number of allylic oxidation sites excluding steroid dienone is 4. The van der Waals surface area contributed by atoms with Crippen LogP contribution < -0.4 is 0 Å². The van der Waals surface area contributed by atoms with Gasteiger partial charge in [-0.2, -0.15) is 12.6 Å². The summed E-state index contributed by atoms with van der Waals surface area (Å²) in [5.41, 5.74) is 2.25. The predicted molar refractivity (Wildman–Crippen MR) is 69.9 cm³/mol. The van der Waals surface area contributed by atoms with Gasteiger partial charge in [0, 0.05) is 0 Å². The monoisotopic (exact) mass is 210 g/mol. The Morgan fingerprint density at radius 2 is 1.79 bits per heavy atom. The van der Waals surface area contributed by atoms with Crippen molar-refractivity contribution in [2.45, 2.75) is 38.9 Å². The molecular weight excluding hydrogens is 188 g/mol. The van der Waals surface area contributed by atoms with E-state index in [1.54, 1.807) is 0 Å². The maximum absolute atomic E-state index is 4.36. The minimum absolute atomic E-state index is 0.482. The van der Waals surface area contributed by atoms with Gasteiger partial charge in [-0.25, -0.2) is 0 Å². The van der Waals surface area contributed by atoms with Crippen LogP contribution in [0.5, 0.6) is 0 Å². The van der Waals surface area contributed by atoms with E-state index in [9.17, 15) is 0 Å². The molecule has 80 valence electrons. The average molecular weight is 210 g/mol. The normalized spacial score (nSPS) is 15.4. The summed E-state index contributed by atoms with van der Waals surface area (Å²) in [6.45, 7) is 14.2. The predicted octanol–water partition coefficient (Wildman–Crippen LogP) is 4.41. The average Bonchev–Trinajstić information content (AvgIpc) is 2.09. The Morgan fingerprint density at radius 3 is 2.21 bits per heavy atom. The van der Waals surface area contributed by atoms with Crippen LogP contribution in [0.4, 0.5) is 0 Å². The van der Waals surface area contributed by atoms with Crippen molar-refractivity contribution >= 4 is 12.6 Å². The van der Waals surface area contributed by atoms with E-state index in [2.05, 4.69) is 45.7 Å². The van der Waals surface area contributed by atoms with Gasteiger partial charge in [0.15, 0.2) is 0 Å². The molecule has 2 unspecified atom stereocenters. The van der Waals surface area contributed by atoms with Crippen LogP contribution in [0.3, 0.4) is 0 Å². The van der Waals surface area contributed by atoms with Gasteiger partial charge < -0.3 is 0 Å². The Balaban J connectivity index is 3.93. The molecule has 0 heterocycles. The van der Waals surface area contributed by atoms with Crippen LogP contribution in [0.1, 0.15) is 33.6 Å². The molecule has 0 radical (unpaired) electrons. The third-order valence-corrected chi connectivity index (χ3v) is 2.49. The molecule has 0 rings (SSSR count). The SMILES string of the molecule is C=C(C)/C=C\C(=C)C(C)CCC(C)S. The summed E-state index contributed by atoms with van der Waals surface area (Å²) >= 11 is 4.36. The molecule has 14 heavy (non-hydrogen) atoms. The fourth-order valence-corrected chi connectivity index (χ4v) is 1.24. The molecule has 0 saturated carbocycles. The van der Waals surface area contributed by atoms with Gasteiger partial charge in [0.1, 0.15) is 0 Å². The second-order valence-electron chi connectivity index (χ2n) is 4.08. The van der Waals surface area contributed by atoms with Crippen LogP contribution in [0.2, 0.25) is 0 Å². The topological polar surface area (TPSA) is 0 Å². The number of hydrogen-bond donors (Lipinski definition) is 1. The van der Waals surface area contributed by atoms with E-state index < -0.39 is 0 Å². The summed E-state index contributed by atoms with van der Waals surface area (Å²) in [4.78, 5) is 0. The van der Waals surface area contributed by atoms with Gasteiger partial charge in [0.2, 0.25) is 0 Å². The van der Waals surface area contributed by atoms with Gasteiger partial charge in [0.05, 0.1) is 0 Å². The van der Waals surface area contributed by atoms with Gasteiger partial charge in [0.25, 0.3) is 0 Å². The first kappa shape index (κ1) is 13.6. The van der Waals surface area contributed by atoms with Crippen LogP contribution in [0.25, 0.3) is 0 Å². The summed E-state index contributed by atoms with van der Waals surface area (Å²) in [5, 5.41) is 0.482. The van der Waals surface area contributed by atoms with E-state index in [1.165, 1.54) is 5.57 Å². The zero-order valence-electron chi connectivity index (χ0n) is 9.59. The summed E-state index contributed by atoms with van der Waals surface area (Å²) in [6.07, 6.45) is 6.38. The van der Waals surface area contributed by atoms with Crippen molar-refractivity contribution in [2.24, 2.45) is 5.92 Å². The minimum Gasteiger partial charge on any atom is -0.176 e. The van der Waals surface area contributed by atoms with E-state index >= 15 is 0 Å². The summed E-state index contributed by atoms with van der Waals surface area (Å²) < 4.78 is 0. The second-order valence-corrected chi connectivity index (χ2v) is 4.96. The Morgan fingerprint density at radius 1 is 1.21 bits per heavy atom. The lowest BCUT2D eigenvalue weighted by molar-refractivity contribution is 0.589. The maximum Gasteiger partial charge on any atom is -0.00114 e. The van der Waals surface area contributed by atoms with E-state index in [4.69, 9.17) is 0 Å². The van der Waals surface area contributed by atoms with Crippen LogP contribution >= 0.6 is 12.6 Å². The number of hydrogen-bond acceptors (Lipinski definition) is 1. The zero-order valence-corrected chi connectivity index (χ0v) is 10.5. The third-order valence-electron chi connectivity index (χ3n) is 2.23. The van der Waals surface area contributed by atoms with E-state index in [0.29, 0.717) is 11.2 Å². The molecule has 0 nitrogen and oxygen atoms in total. The Hall–Kier alpha value is -0.430. The first-order chi connectivity index (χ1) is 6.43. The molecule has 0 aliphatic rings. The van der Waals surface area contributed by atoms with Crippen molar-refractivity contribution in [3.8, 4) is 0 Å². The standard InChI is InChI=1S/C13H22S/c1-10(2)6-7-11(3)12(4)8-9-13(5)14/h6-7,12-14H,1,3,8-9H2,2,4-5H3/b7-6-. The lowest BCUT2D eigenvalue weighted by Gasteiger charge is -2.12. The summed E-state index contributed by atoms with van der Waals surface area (Å²) in [7, 11) is 0. The quantitative estimate of drug-likeness (QED) is 0.487. The largest absolute Gasteiger partial charge is 0.176 e. The van der Waals surface area contributed by atoms with Gasteiger partial charge >= 0.3 is 0 Å². The van der Waals surface area contributed by atoms with Crippen LogP contribution in [0.15, 0.2) is 36.5 Å². The van der Waals surface area contributed by atoms with Gasteiger partial charge in [-0.1, -0.05) is 50.3 Å². The molecule has 1 heteroatoms. The van der Waals surface area contributed by atoms with Gasteiger partial charge in [-0.3, -0.25) is 0 Å². The van der Waals surface area contributed by atoms with Crippen molar-refractivity contribution < 1.29 is 0 Å². The Kier molecular flexibility index (Phi) is 6.73. The van der Waals surface area contributed by atoms with Crippen molar-refractivity contribution in [3.05, 3.63) is 36.5 Å². The molecule has 0 N–H and O–H groups in total. The highest BCUT2D eigenvalue weighted by Crippen LogP contribution is 2.18. The van der Waals surface area contributed by atoms with Crippen LogP contribution in [0, 0.1) is 5.92 Å². The van der Waals surface area contributed by atoms with E-state index in [0.717, 1.165) is 18.4 Å². The first-order valence-electron chi connectivity index (χ1n) is 5.14. The molecule has 0 aromatic rings. The van der Waals surface area contributed by atoms with E-state index in [-0.39, 0.29) is 0 Å². The fourth-order valence-electron chi connectivity index (χ4n) is 1.09. The fraction of sp³-hybridized carbons (Fsp3) is 0.538.